The van der Waals surface area contributed by atoms with Gasteiger partial charge in [0.2, 0.25) is 5.91 Å². The molecule has 4 heteroatoms. The van der Waals surface area contributed by atoms with Gasteiger partial charge in [0.1, 0.15) is 0 Å². The Morgan fingerprint density at radius 2 is 2.14 bits per heavy atom. The minimum absolute atomic E-state index is 0.220. The van der Waals surface area contributed by atoms with E-state index in [0.29, 0.717) is 11.9 Å². The molecule has 2 heterocycles. The molecule has 1 atom stereocenters. The van der Waals surface area contributed by atoms with Gasteiger partial charge in [-0.15, -0.1) is 11.3 Å². The maximum absolute atomic E-state index is 13.3. The third kappa shape index (κ3) is 2.88. The van der Waals surface area contributed by atoms with Crippen LogP contribution in [0.25, 0.3) is 0 Å². The Bertz CT molecular complexity index is 465. The highest BCUT2D eigenvalue weighted by molar-refractivity contribution is 7.10. The Labute approximate surface area is 131 Å². The number of nitrogens with zero attached hydrogens (tertiary/aromatic N) is 1. The Morgan fingerprint density at radius 3 is 2.81 bits per heavy atom. The largest absolute Gasteiger partial charge is 0.340 e. The highest BCUT2D eigenvalue weighted by Gasteiger charge is 2.44. The molecular weight excluding hydrogens is 280 g/mol. The van der Waals surface area contributed by atoms with Crippen molar-refractivity contribution in [1.29, 1.82) is 0 Å². The number of nitrogens with one attached hydrogen (secondary N) is 1. The lowest BCUT2D eigenvalue weighted by molar-refractivity contribution is -0.140. The predicted molar refractivity (Wildman–Crippen MR) is 87.7 cm³/mol. The quantitative estimate of drug-likeness (QED) is 0.930. The average Bonchev–Trinajstić information content (AvgIpc) is 3.10. The number of likely N-dealkylation sites (N-methyl/N-ethyl adjacent to an activating group) is 1. The first kappa shape index (κ1) is 15.0. The Hall–Kier alpha value is -0.870. The number of hydrogen-bond acceptors (Lipinski definition) is 3. The summed E-state index contributed by atoms with van der Waals surface area (Å²) in [6, 6.07) is 4.73. The maximum atomic E-state index is 13.3. The normalized spacial score (nSPS) is 25.8. The lowest BCUT2D eigenvalue weighted by Crippen LogP contribution is -2.54. The van der Waals surface area contributed by atoms with Crippen LogP contribution in [0, 0.1) is 0 Å². The van der Waals surface area contributed by atoms with Gasteiger partial charge in [0.25, 0.3) is 0 Å². The maximum Gasteiger partial charge on any atom is 0.234 e. The van der Waals surface area contributed by atoms with E-state index >= 15 is 0 Å². The van der Waals surface area contributed by atoms with Gasteiger partial charge in [-0.05, 0) is 44.2 Å². The van der Waals surface area contributed by atoms with Crippen LogP contribution in [0.2, 0.25) is 0 Å². The van der Waals surface area contributed by atoms with E-state index in [9.17, 15) is 4.79 Å². The molecule has 0 bridgehead atoms. The first-order valence-electron chi connectivity index (χ1n) is 8.27. The van der Waals surface area contributed by atoms with E-state index in [4.69, 9.17) is 0 Å². The average molecular weight is 306 g/mol. The molecule has 3 rings (SSSR count). The molecule has 0 spiro atoms. The molecule has 1 amide bonds. The molecule has 1 saturated heterocycles. The number of piperidine rings is 1. The summed E-state index contributed by atoms with van der Waals surface area (Å²) in [5.41, 5.74) is -0.220. The first-order valence-corrected chi connectivity index (χ1v) is 9.15. The lowest BCUT2D eigenvalue weighted by atomic mass is 9.71. The third-order valence-corrected chi connectivity index (χ3v) is 6.30. The molecular formula is C17H26N2OS. The van der Waals surface area contributed by atoms with Crippen LogP contribution in [0.3, 0.4) is 0 Å². The molecule has 2 aliphatic rings. The van der Waals surface area contributed by atoms with Gasteiger partial charge in [0.15, 0.2) is 0 Å². The van der Waals surface area contributed by atoms with E-state index in [-0.39, 0.29) is 5.41 Å². The van der Waals surface area contributed by atoms with Crippen LogP contribution < -0.4 is 5.32 Å². The molecule has 2 fully saturated rings. The summed E-state index contributed by atoms with van der Waals surface area (Å²) in [7, 11) is 2.01. The summed E-state index contributed by atoms with van der Waals surface area (Å²) in [5.74, 6) is 0.393. The van der Waals surface area contributed by atoms with Crippen molar-refractivity contribution < 1.29 is 4.79 Å². The van der Waals surface area contributed by atoms with Crippen LogP contribution >= 0.6 is 11.3 Å². The zero-order valence-corrected chi connectivity index (χ0v) is 13.8. The van der Waals surface area contributed by atoms with Crippen LogP contribution in [0.15, 0.2) is 17.5 Å². The van der Waals surface area contributed by atoms with Crippen molar-refractivity contribution in [3.63, 3.8) is 0 Å². The van der Waals surface area contributed by atoms with Crippen molar-refractivity contribution in [3.05, 3.63) is 22.4 Å². The fourth-order valence-electron chi connectivity index (χ4n) is 3.97. The number of carbonyl (C=O) groups excluding carboxylic acids is 1. The molecule has 0 aromatic carbocycles. The van der Waals surface area contributed by atoms with E-state index < -0.39 is 0 Å². The standard InChI is InChI=1S/C17H26N2OS/c1-18-14-7-5-11-19(13-14)16(20)17(9-3-2-4-10-17)15-8-6-12-21-15/h6,8,12,14,18H,2-5,7,9-11,13H2,1H3. The Morgan fingerprint density at radius 1 is 1.33 bits per heavy atom. The van der Waals surface area contributed by atoms with Crippen LogP contribution in [-0.2, 0) is 10.2 Å². The highest BCUT2D eigenvalue weighted by Crippen LogP contribution is 2.43. The van der Waals surface area contributed by atoms with Crippen LogP contribution in [-0.4, -0.2) is 37.0 Å². The third-order valence-electron chi connectivity index (χ3n) is 5.23. The lowest BCUT2D eigenvalue weighted by Gasteiger charge is -2.42. The van der Waals surface area contributed by atoms with E-state index in [1.165, 1.54) is 30.6 Å². The van der Waals surface area contributed by atoms with Gasteiger partial charge in [0, 0.05) is 24.0 Å². The smallest absolute Gasteiger partial charge is 0.234 e. The van der Waals surface area contributed by atoms with E-state index in [1.54, 1.807) is 11.3 Å². The second-order valence-corrected chi connectivity index (χ2v) is 7.45. The van der Waals surface area contributed by atoms with Crippen molar-refractivity contribution in [1.82, 2.24) is 10.2 Å². The summed E-state index contributed by atoms with van der Waals surface area (Å²) in [4.78, 5) is 16.8. The molecule has 1 aliphatic carbocycles. The molecule has 1 unspecified atom stereocenters. The van der Waals surface area contributed by atoms with Gasteiger partial charge in [-0.25, -0.2) is 0 Å². The molecule has 1 saturated carbocycles. The minimum atomic E-state index is -0.220. The molecule has 1 aromatic rings. The van der Waals surface area contributed by atoms with Crippen molar-refractivity contribution in [2.45, 2.75) is 56.4 Å². The topological polar surface area (TPSA) is 32.3 Å². The molecule has 1 aliphatic heterocycles. The van der Waals surface area contributed by atoms with Crippen molar-refractivity contribution >= 4 is 17.2 Å². The molecule has 1 N–H and O–H groups in total. The first-order chi connectivity index (χ1) is 10.3. The second kappa shape index (κ2) is 6.49. The Balaban J connectivity index is 1.84. The molecule has 0 radical (unpaired) electrons. The minimum Gasteiger partial charge on any atom is -0.340 e. The number of rotatable bonds is 3. The van der Waals surface area contributed by atoms with Gasteiger partial charge in [-0.1, -0.05) is 25.3 Å². The molecule has 3 nitrogen and oxygen atoms in total. The molecule has 21 heavy (non-hydrogen) atoms. The highest BCUT2D eigenvalue weighted by atomic mass is 32.1. The van der Waals surface area contributed by atoms with Gasteiger partial charge in [-0.2, -0.15) is 0 Å². The summed E-state index contributed by atoms with van der Waals surface area (Å²) in [6.07, 6.45) is 8.03. The zero-order valence-electron chi connectivity index (χ0n) is 12.9. The van der Waals surface area contributed by atoms with Crippen molar-refractivity contribution in [3.8, 4) is 0 Å². The summed E-state index contributed by atoms with van der Waals surface area (Å²) < 4.78 is 0. The fraction of sp³-hybridized carbons (Fsp3) is 0.706. The van der Waals surface area contributed by atoms with Gasteiger partial charge >= 0.3 is 0 Å². The summed E-state index contributed by atoms with van der Waals surface area (Å²) in [5, 5.41) is 5.46. The molecule has 116 valence electrons. The van der Waals surface area contributed by atoms with Gasteiger partial charge in [0.05, 0.1) is 5.41 Å². The number of amides is 1. The number of likely N-dealkylation sites (tertiary alicyclic amines) is 1. The van der Waals surface area contributed by atoms with Crippen molar-refractivity contribution in [2.24, 2.45) is 0 Å². The SMILES string of the molecule is CNC1CCCN(C(=O)C2(c3cccs3)CCCCC2)C1. The number of carbonyl (C=O) groups is 1. The van der Waals surface area contributed by atoms with E-state index in [0.717, 1.165) is 32.4 Å². The number of hydrogen-bond donors (Lipinski definition) is 1. The van der Waals surface area contributed by atoms with Crippen LogP contribution in [0.1, 0.15) is 49.8 Å². The van der Waals surface area contributed by atoms with Crippen molar-refractivity contribution in [2.75, 3.05) is 20.1 Å². The van der Waals surface area contributed by atoms with E-state index in [1.807, 2.05) is 7.05 Å². The molecule has 1 aromatic heterocycles. The second-order valence-electron chi connectivity index (χ2n) is 6.50. The zero-order chi connectivity index (χ0) is 14.7. The van der Waals surface area contributed by atoms with E-state index in [2.05, 4.69) is 27.7 Å². The predicted octanol–water partition coefficient (Wildman–Crippen LogP) is 3.16. The van der Waals surface area contributed by atoms with Crippen LogP contribution in [0.4, 0.5) is 0 Å². The summed E-state index contributed by atoms with van der Waals surface area (Å²) in [6.45, 7) is 1.81. The van der Waals surface area contributed by atoms with Crippen LogP contribution in [0.5, 0.6) is 0 Å². The van der Waals surface area contributed by atoms with Gasteiger partial charge < -0.3 is 10.2 Å². The Kier molecular flexibility index (Phi) is 4.65. The monoisotopic (exact) mass is 306 g/mol. The number of thiophene rings is 1. The summed E-state index contributed by atoms with van der Waals surface area (Å²) >= 11 is 1.76. The van der Waals surface area contributed by atoms with Gasteiger partial charge in [-0.3, -0.25) is 4.79 Å². The fourth-order valence-corrected chi connectivity index (χ4v) is 4.95.